The van der Waals surface area contributed by atoms with Gasteiger partial charge in [-0.15, -0.1) is 0 Å². The van der Waals surface area contributed by atoms with Gasteiger partial charge in [-0.05, 0) is 33.6 Å². The lowest BCUT2D eigenvalue weighted by atomic mass is 9.79. The molecule has 1 rings (SSSR count). The van der Waals surface area contributed by atoms with Crippen LogP contribution in [0, 0.1) is 5.92 Å². The van der Waals surface area contributed by atoms with Crippen molar-refractivity contribution in [3.8, 4) is 0 Å². The van der Waals surface area contributed by atoms with Gasteiger partial charge in [-0.3, -0.25) is 14.5 Å². The first-order valence-corrected chi connectivity index (χ1v) is 8.18. The van der Waals surface area contributed by atoms with Crippen LogP contribution in [0.4, 0.5) is 0 Å². The topological polar surface area (TPSA) is 86.7 Å². The van der Waals surface area contributed by atoms with Gasteiger partial charge >= 0.3 is 5.97 Å². The first-order chi connectivity index (χ1) is 10.4. The minimum absolute atomic E-state index is 0.169. The number of piperidine rings is 1. The number of nitrogens with one attached hydrogen (secondary N) is 1. The monoisotopic (exact) mass is 326 g/mol. The molecule has 132 valence electrons. The summed E-state index contributed by atoms with van der Waals surface area (Å²) in [6, 6.07) is -0.869. The molecule has 0 aromatic rings. The average molecular weight is 326 g/mol. The Bertz CT molecular complexity index is 463. The summed E-state index contributed by atoms with van der Waals surface area (Å²) >= 11 is 0. The number of nitrogens with zero attached hydrogens (tertiary/aromatic N) is 1. The molecule has 1 atom stereocenters. The molecule has 23 heavy (non-hydrogen) atoms. The number of ketones is 1. The molecular weight excluding hydrogens is 296 g/mol. The van der Waals surface area contributed by atoms with E-state index in [1.165, 1.54) is 0 Å². The highest BCUT2D eigenvalue weighted by molar-refractivity contribution is 5.84. The number of rotatable bonds is 6. The van der Waals surface area contributed by atoms with Crippen LogP contribution in [0.3, 0.4) is 0 Å². The number of carboxylic acids is 1. The quantitative estimate of drug-likeness (QED) is 0.777. The van der Waals surface area contributed by atoms with Crippen LogP contribution in [-0.2, 0) is 14.4 Å². The molecule has 1 aliphatic heterocycles. The van der Waals surface area contributed by atoms with Crippen molar-refractivity contribution in [2.24, 2.45) is 5.92 Å². The lowest BCUT2D eigenvalue weighted by Gasteiger charge is -2.52. The molecule has 0 aromatic heterocycles. The van der Waals surface area contributed by atoms with Crippen molar-refractivity contribution >= 4 is 17.7 Å². The highest BCUT2D eigenvalue weighted by Crippen LogP contribution is 2.36. The van der Waals surface area contributed by atoms with E-state index in [1.54, 1.807) is 13.8 Å². The fourth-order valence-corrected chi connectivity index (χ4v) is 3.62. The first kappa shape index (κ1) is 19.6. The van der Waals surface area contributed by atoms with Crippen molar-refractivity contribution in [2.75, 3.05) is 6.54 Å². The van der Waals surface area contributed by atoms with Gasteiger partial charge in [0.1, 0.15) is 11.8 Å². The molecule has 0 saturated carbocycles. The zero-order valence-corrected chi connectivity index (χ0v) is 15.1. The smallest absolute Gasteiger partial charge is 0.326 e. The Labute approximate surface area is 138 Å². The lowest BCUT2D eigenvalue weighted by Crippen LogP contribution is -2.61. The second-order valence-corrected chi connectivity index (χ2v) is 8.05. The Morgan fingerprint density at radius 3 is 2.04 bits per heavy atom. The first-order valence-electron chi connectivity index (χ1n) is 8.18. The molecule has 1 fully saturated rings. The van der Waals surface area contributed by atoms with E-state index < -0.39 is 12.0 Å². The summed E-state index contributed by atoms with van der Waals surface area (Å²) in [4.78, 5) is 37.4. The third kappa shape index (κ3) is 5.03. The van der Waals surface area contributed by atoms with E-state index in [1.807, 2.05) is 27.7 Å². The number of amides is 1. The van der Waals surface area contributed by atoms with Gasteiger partial charge in [0.15, 0.2) is 0 Å². The van der Waals surface area contributed by atoms with E-state index in [9.17, 15) is 14.4 Å². The third-order valence-corrected chi connectivity index (χ3v) is 4.53. The number of carbonyl (C=O) groups excluding carboxylic acids is 2. The molecule has 0 spiro atoms. The van der Waals surface area contributed by atoms with Gasteiger partial charge in [-0.25, -0.2) is 4.79 Å². The van der Waals surface area contributed by atoms with E-state index in [0.29, 0.717) is 19.4 Å². The van der Waals surface area contributed by atoms with Crippen molar-refractivity contribution in [3.63, 3.8) is 0 Å². The van der Waals surface area contributed by atoms with Crippen LogP contribution in [0.15, 0.2) is 0 Å². The number of hydrogen-bond acceptors (Lipinski definition) is 4. The average Bonchev–Trinajstić information content (AvgIpc) is 2.31. The summed E-state index contributed by atoms with van der Waals surface area (Å²) in [5.74, 6) is -1.21. The molecule has 1 unspecified atom stereocenters. The van der Waals surface area contributed by atoms with Gasteiger partial charge in [0.25, 0.3) is 0 Å². The molecule has 1 saturated heterocycles. The van der Waals surface area contributed by atoms with Crippen LogP contribution in [-0.4, -0.2) is 51.3 Å². The Morgan fingerprint density at radius 1 is 1.17 bits per heavy atom. The van der Waals surface area contributed by atoms with E-state index in [4.69, 9.17) is 5.11 Å². The van der Waals surface area contributed by atoms with E-state index in [0.717, 1.165) is 0 Å². The van der Waals surface area contributed by atoms with Crippen molar-refractivity contribution in [1.29, 1.82) is 0 Å². The SMILES string of the molecule is CC(C)C(NC(=O)CCN1C(C)(C)CC(=O)CC1(C)C)C(=O)O. The number of hydrogen-bond donors (Lipinski definition) is 2. The predicted octanol–water partition coefficient (Wildman–Crippen LogP) is 1.82. The van der Waals surface area contributed by atoms with Crippen LogP contribution < -0.4 is 5.32 Å². The molecule has 0 aromatic carbocycles. The van der Waals surface area contributed by atoms with Gasteiger partial charge in [0.05, 0.1) is 0 Å². The minimum atomic E-state index is -1.02. The van der Waals surface area contributed by atoms with Gasteiger partial charge in [0.2, 0.25) is 5.91 Å². The standard InChI is InChI=1S/C17H30N2O4/c1-11(2)14(15(22)23)18-13(21)7-8-19-16(3,4)9-12(20)10-17(19,5)6/h11,14H,7-10H2,1-6H3,(H,18,21)(H,22,23). The van der Waals surface area contributed by atoms with Crippen molar-refractivity contribution in [3.05, 3.63) is 0 Å². The molecule has 0 aliphatic carbocycles. The van der Waals surface area contributed by atoms with E-state index in [-0.39, 0.29) is 35.1 Å². The molecule has 2 N–H and O–H groups in total. The summed E-state index contributed by atoms with van der Waals surface area (Å²) in [7, 11) is 0. The van der Waals surface area contributed by atoms with Gasteiger partial charge in [0, 0.05) is 36.9 Å². The largest absolute Gasteiger partial charge is 0.480 e. The zero-order chi connectivity index (χ0) is 18.0. The van der Waals surface area contributed by atoms with Crippen LogP contribution in [0.25, 0.3) is 0 Å². The fraction of sp³-hybridized carbons (Fsp3) is 0.824. The highest BCUT2D eigenvalue weighted by Gasteiger charge is 2.44. The fourth-order valence-electron chi connectivity index (χ4n) is 3.62. The second-order valence-electron chi connectivity index (χ2n) is 8.05. The normalized spacial score (nSPS) is 22.0. The van der Waals surface area contributed by atoms with Crippen molar-refractivity contribution in [2.45, 2.75) is 77.9 Å². The molecular formula is C17H30N2O4. The molecule has 0 radical (unpaired) electrons. The Balaban J connectivity index is 2.70. The van der Waals surface area contributed by atoms with Crippen LogP contribution in [0.5, 0.6) is 0 Å². The van der Waals surface area contributed by atoms with Gasteiger partial charge in [-0.1, -0.05) is 13.8 Å². The van der Waals surface area contributed by atoms with Crippen LogP contribution >= 0.6 is 0 Å². The number of carboxylic acid groups (broad SMARTS) is 1. The summed E-state index contributed by atoms with van der Waals surface area (Å²) in [5, 5.41) is 11.7. The maximum Gasteiger partial charge on any atom is 0.326 e. The number of aliphatic carboxylic acids is 1. The Kier molecular flexibility index (Phi) is 5.96. The minimum Gasteiger partial charge on any atom is -0.480 e. The number of Topliss-reactive ketones (excluding diaryl/α,β-unsaturated/α-hetero) is 1. The maximum atomic E-state index is 12.1. The number of carbonyl (C=O) groups is 3. The lowest BCUT2D eigenvalue weighted by molar-refractivity contribution is -0.143. The molecule has 0 bridgehead atoms. The van der Waals surface area contributed by atoms with Crippen molar-refractivity contribution in [1.82, 2.24) is 10.2 Å². The van der Waals surface area contributed by atoms with Gasteiger partial charge in [-0.2, -0.15) is 0 Å². The number of likely N-dealkylation sites (tertiary alicyclic amines) is 1. The Hall–Kier alpha value is -1.43. The van der Waals surface area contributed by atoms with Crippen LogP contribution in [0.2, 0.25) is 0 Å². The van der Waals surface area contributed by atoms with Crippen LogP contribution in [0.1, 0.15) is 60.8 Å². The molecule has 6 heteroatoms. The second kappa shape index (κ2) is 6.99. The Morgan fingerprint density at radius 2 is 1.65 bits per heavy atom. The molecule has 1 amide bonds. The third-order valence-electron chi connectivity index (χ3n) is 4.53. The van der Waals surface area contributed by atoms with E-state index in [2.05, 4.69) is 10.2 Å². The summed E-state index contributed by atoms with van der Waals surface area (Å²) in [6.45, 7) is 12.1. The molecule has 1 heterocycles. The molecule has 6 nitrogen and oxygen atoms in total. The van der Waals surface area contributed by atoms with Crippen molar-refractivity contribution < 1.29 is 19.5 Å². The van der Waals surface area contributed by atoms with Gasteiger partial charge < -0.3 is 10.4 Å². The summed E-state index contributed by atoms with van der Waals surface area (Å²) in [6.07, 6.45) is 1.17. The summed E-state index contributed by atoms with van der Waals surface area (Å²) < 4.78 is 0. The maximum absolute atomic E-state index is 12.1. The van der Waals surface area contributed by atoms with E-state index >= 15 is 0 Å². The predicted molar refractivity (Wildman–Crippen MR) is 88.1 cm³/mol. The highest BCUT2D eigenvalue weighted by atomic mass is 16.4. The zero-order valence-electron chi connectivity index (χ0n) is 15.1. The molecule has 1 aliphatic rings. The summed E-state index contributed by atoms with van der Waals surface area (Å²) in [5.41, 5.74) is -0.604.